The van der Waals surface area contributed by atoms with Crippen molar-refractivity contribution in [3.8, 4) is 0 Å². The van der Waals surface area contributed by atoms with Gasteiger partial charge >= 0.3 is 0 Å². The number of rotatable bonds is 5. The number of anilines is 1. The zero-order chi connectivity index (χ0) is 14.8. The van der Waals surface area contributed by atoms with Crippen molar-refractivity contribution in [1.82, 2.24) is 4.31 Å². The molecule has 0 atom stereocenters. The summed E-state index contributed by atoms with van der Waals surface area (Å²) in [5, 5.41) is 3.13. The average Bonchev–Trinajstić information content (AvgIpc) is 2.82. The molecule has 0 amide bonds. The number of nitrogens with one attached hydrogen (secondary N) is 1. The van der Waals surface area contributed by atoms with E-state index >= 15 is 0 Å². The van der Waals surface area contributed by atoms with Crippen molar-refractivity contribution in [2.45, 2.75) is 11.4 Å². The maximum absolute atomic E-state index is 12.0. The molecule has 1 aromatic carbocycles. The molecule has 0 aliphatic rings. The molecule has 1 heterocycles. The summed E-state index contributed by atoms with van der Waals surface area (Å²) in [6.07, 6.45) is 1.59. The third-order valence-corrected chi connectivity index (χ3v) is 5.27. The lowest BCUT2D eigenvalue weighted by Crippen LogP contribution is -2.22. The van der Waals surface area contributed by atoms with E-state index in [9.17, 15) is 8.42 Å². The van der Waals surface area contributed by atoms with Gasteiger partial charge in [0, 0.05) is 19.8 Å². The Balaban J connectivity index is 2.17. The zero-order valence-electron chi connectivity index (χ0n) is 11.1. The molecule has 0 unspecified atom stereocenters. The van der Waals surface area contributed by atoms with E-state index in [1.807, 2.05) is 12.1 Å². The third kappa shape index (κ3) is 3.23. The van der Waals surface area contributed by atoms with E-state index in [1.54, 1.807) is 24.5 Å². The molecule has 2 rings (SSSR count). The van der Waals surface area contributed by atoms with Crippen LogP contribution in [0.5, 0.6) is 0 Å². The van der Waals surface area contributed by atoms with Gasteiger partial charge in [-0.2, -0.15) is 0 Å². The van der Waals surface area contributed by atoms with Gasteiger partial charge in [0.05, 0.1) is 22.2 Å². The van der Waals surface area contributed by atoms with E-state index in [0.29, 0.717) is 6.54 Å². The standard InChI is InChI=1S/C13H15BrN2O3S/c1-16(2)20(17,18)11-5-3-4-10(8-11)15-9-13-12(14)6-7-19-13/h3-8,15H,9H2,1-2H3. The van der Waals surface area contributed by atoms with Gasteiger partial charge in [0.25, 0.3) is 0 Å². The highest BCUT2D eigenvalue weighted by molar-refractivity contribution is 9.10. The van der Waals surface area contributed by atoms with Gasteiger partial charge in [-0.3, -0.25) is 0 Å². The van der Waals surface area contributed by atoms with Crippen LogP contribution in [0.25, 0.3) is 0 Å². The van der Waals surface area contributed by atoms with Gasteiger partial charge in [-0.05, 0) is 40.2 Å². The molecule has 0 radical (unpaired) electrons. The van der Waals surface area contributed by atoms with Gasteiger partial charge in [0.1, 0.15) is 5.76 Å². The summed E-state index contributed by atoms with van der Waals surface area (Å²) in [6.45, 7) is 0.471. The SMILES string of the molecule is CN(C)S(=O)(=O)c1cccc(NCc2occc2Br)c1. The molecule has 108 valence electrons. The van der Waals surface area contributed by atoms with Crippen molar-refractivity contribution in [3.05, 3.63) is 46.8 Å². The van der Waals surface area contributed by atoms with Crippen LogP contribution in [0.3, 0.4) is 0 Å². The highest BCUT2D eigenvalue weighted by Crippen LogP contribution is 2.21. The number of hydrogen-bond acceptors (Lipinski definition) is 4. The summed E-state index contributed by atoms with van der Waals surface area (Å²) in [4.78, 5) is 0.256. The highest BCUT2D eigenvalue weighted by Gasteiger charge is 2.17. The Labute approximate surface area is 126 Å². The van der Waals surface area contributed by atoms with Crippen molar-refractivity contribution in [1.29, 1.82) is 0 Å². The molecule has 0 aliphatic heterocycles. The number of nitrogens with zero attached hydrogens (tertiary/aromatic N) is 1. The number of hydrogen-bond donors (Lipinski definition) is 1. The minimum atomic E-state index is -3.42. The van der Waals surface area contributed by atoms with Crippen LogP contribution in [0.15, 0.2) is 50.4 Å². The number of halogens is 1. The summed E-state index contributed by atoms with van der Waals surface area (Å²) < 4.78 is 31.4. The van der Waals surface area contributed by atoms with Gasteiger partial charge in [-0.25, -0.2) is 12.7 Å². The maximum atomic E-state index is 12.0. The van der Waals surface area contributed by atoms with Gasteiger partial charge in [-0.15, -0.1) is 0 Å². The van der Waals surface area contributed by atoms with Crippen LogP contribution in [0, 0.1) is 0 Å². The Bertz CT molecular complexity index is 695. The van der Waals surface area contributed by atoms with Gasteiger partial charge < -0.3 is 9.73 Å². The molecular weight excluding hydrogens is 344 g/mol. The number of benzene rings is 1. The first-order valence-electron chi connectivity index (χ1n) is 5.89. The molecule has 0 saturated carbocycles. The second-order valence-corrected chi connectivity index (χ2v) is 7.37. The summed E-state index contributed by atoms with van der Waals surface area (Å²) in [5.74, 6) is 0.755. The van der Waals surface area contributed by atoms with E-state index in [2.05, 4.69) is 21.2 Å². The van der Waals surface area contributed by atoms with Crippen LogP contribution in [-0.2, 0) is 16.6 Å². The highest BCUT2D eigenvalue weighted by atomic mass is 79.9. The lowest BCUT2D eigenvalue weighted by molar-refractivity contribution is 0.516. The molecule has 0 saturated heterocycles. The Hall–Kier alpha value is -1.31. The third-order valence-electron chi connectivity index (χ3n) is 2.76. The van der Waals surface area contributed by atoms with E-state index in [-0.39, 0.29) is 4.90 Å². The first-order chi connectivity index (χ1) is 9.41. The van der Waals surface area contributed by atoms with E-state index in [0.717, 1.165) is 15.9 Å². The summed E-state index contributed by atoms with van der Waals surface area (Å²) in [7, 11) is -0.400. The monoisotopic (exact) mass is 358 g/mol. The fourth-order valence-corrected chi connectivity index (χ4v) is 2.90. The Morgan fingerprint density at radius 3 is 2.65 bits per heavy atom. The fourth-order valence-electron chi connectivity index (χ4n) is 1.61. The lowest BCUT2D eigenvalue weighted by atomic mass is 10.3. The molecule has 1 aromatic heterocycles. The fraction of sp³-hybridized carbons (Fsp3) is 0.231. The molecular formula is C13H15BrN2O3S. The molecule has 0 fully saturated rings. The molecule has 7 heteroatoms. The Kier molecular flexibility index (Phi) is 4.52. The van der Waals surface area contributed by atoms with Gasteiger partial charge in [0.15, 0.2) is 0 Å². The van der Waals surface area contributed by atoms with Crippen molar-refractivity contribution in [3.63, 3.8) is 0 Å². The average molecular weight is 359 g/mol. The van der Waals surface area contributed by atoms with E-state index in [1.165, 1.54) is 18.4 Å². The van der Waals surface area contributed by atoms with E-state index < -0.39 is 10.0 Å². The molecule has 2 aromatic rings. The predicted octanol–water partition coefficient (Wildman–Crippen LogP) is 2.90. The second kappa shape index (κ2) is 5.99. The Morgan fingerprint density at radius 2 is 2.05 bits per heavy atom. The first kappa shape index (κ1) is 15.1. The zero-order valence-corrected chi connectivity index (χ0v) is 13.5. The molecule has 20 heavy (non-hydrogen) atoms. The number of furan rings is 1. The minimum Gasteiger partial charge on any atom is -0.466 e. The number of sulfonamides is 1. The topological polar surface area (TPSA) is 62.6 Å². The largest absolute Gasteiger partial charge is 0.466 e. The van der Waals surface area contributed by atoms with Crippen LogP contribution < -0.4 is 5.32 Å². The second-order valence-electron chi connectivity index (χ2n) is 4.36. The minimum absolute atomic E-state index is 0.256. The first-order valence-corrected chi connectivity index (χ1v) is 8.13. The van der Waals surface area contributed by atoms with Crippen LogP contribution in [0.1, 0.15) is 5.76 Å². The van der Waals surface area contributed by atoms with Crippen LogP contribution in [0.4, 0.5) is 5.69 Å². The predicted molar refractivity (Wildman–Crippen MR) is 81.0 cm³/mol. The maximum Gasteiger partial charge on any atom is 0.242 e. The van der Waals surface area contributed by atoms with E-state index in [4.69, 9.17) is 4.42 Å². The normalized spacial score (nSPS) is 11.8. The summed E-state index contributed by atoms with van der Waals surface area (Å²) in [5.41, 5.74) is 0.719. The molecule has 0 bridgehead atoms. The van der Waals surface area contributed by atoms with Gasteiger partial charge in [-0.1, -0.05) is 6.07 Å². The quantitative estimate of drug-likeness (QED) is 0.892. The molecule has 0 spiro atoms. The smallest absolute Gasteiger partial charge is 0.242 e. The molecule has 1 N–H and O–H groups in total. The van der Waals surface area contributed by atoms with Crippen LogP contribution in [-0.4, -0.2) is 26.8 Å². The summed E-state index contributed by atoms with van der Waals surface area (Å²) in [6, 6.07) is 8.50. The van der Waals surface area contributed by atoms with Crippen LogP contribution >= 0.6 is 15.9 Å². The molecule has 5 nitrogen and oxygen atoms in total. The lowest BCUT2D eigenvalue weighted by Gasteiger charge is -2.12. The van der Waals surface area contributed by atoms with Crippen molar-refractivity contribution in [2.75, 3.05) is 19.4 Å². The molecule has 0 aliphatic carbocycles. The van der Waals surface area contributed by atoms with Crippen molar-refractivity contribution >= 4 is 31.6 Å². The summed E-state index contributed by atoms with van der Waals surface area (Å²) >= 11 is 3.37. The van der Waals surface area contributed by atoms with Crippen molar-refractivity contribution < 1.29 is 12.8 Å². The van der Waals surface area contributed by atoms with Crippen LogP contribution in [0.2, 0.25) is 0 Å². The Morgan fingerprint density at radius 1 is 1.30 bits per heavy atom. The van der Waals surface area contributed by atoms with Crippen molar-refractivity contribution in [2.24, 2.45) is 0 Å². The van der Waals surface area contributed by atoms with Gasteiger partial charge in [0.2, 0.25) is 10.0 Å².